The smallest absolute Gasteiger partial charge is 0.261 e. The van der Waals surface area contributed by atoms with Crippen LogP contribution in [-0.4, -0.2) is 24.8 Å². The Hall–Kier alpha value is -3.90. The van der Waals surface area contributed by atoms with Gasteiger partial charge in [-0.25, -0.2) is 4.90 Å². The van der Waals surface area contributed by atoms with E-state index in [9.17, 15) is 14.4 Å². The van der Waals surface area contributed by atoms with Gasteiger partial charge in [-0.3, -0.25) is 14.4 Å². The lowest BCUT2D eigenvalue weighted by atomic mass is 10.1. The molecule has 0 saturated carbocycles. The number of anilines is 1. The third-order valence-electron chi connectivity index (χ3n) is 4.96. The molecule has 0 aromatic heterocycles. The number of hydrogen-bond donors (Lipinski definition) is 1. The van der Waals surface area contributed by atoms with Gasteiger partial charge in [0.05, 0.1) is 17.7 Å². The standard InChI is InChI=1S/C25H19ClN2O4/c1-27-24(30)20-10-3-5-12-22(20)32-21-11-4-2-7-16(21)13-17-14-23(29)28(25(17)31)19-9-6-8-18(26)15-19/h2-13,15H,14H2,1H3,(H,27,30)/b17-13-. The Morgan fingerprint density at radius 3 is 2.47 bits per heavy atom. The molecule has 1 aliphatic rings. The lowest BCUT2D eigenvalue weighted by molar-refractivity contribution is -0.120. The fourth-order valence-corrected chi connectivity index (χ4v) is 3.63. The molecule has 0 aliphatic carbocycles. The molecule has 1 fully saturated rings. The number of amides is 3. The van der Waals surface area contributed by atoms with Crippen LogP contribution in [0.25, 0.3) is 6.08 Å². The summed E-state index contributed by atoms with van der Waals surface area (Å²) >= 11 is 6.02. The van der Waals surface area contributed by atoms with E-state index < -0.39 is 5.91 Å². The lowest BCUT2D eigenvalue weighted by Crippen LogP contribution is -2.28. The summed E-state index contributed by atoms with van der Waals surface area (Å²) < 4.78 is 6.03. The van der Waals surface area contributed by atoms with E-state index in [1.54, 1.807) is 85.9 Å². The Labute approximate surface area is 190 Å². The van der Waals surface area contributed by atoms with Crippen molar-refractivity contribution in [3.63, 3.8) is 0 Å². The Morgan fingerprint density at radius 2 is 1.72 bits per heavy atom. The van der Waals surface area contributed by atoms with Crippen molar-refractivity contribution in [1.82, 2.24) is 5.32 Å². The Bertz CT molecular complexity index is 1250. The second-order valence-corrected chi connectivity index (χ2v) is 7.51. The highest BCUT2D eigenvalue weighted by atomic mass is 35.5. The molecular formula is C25H19ClN2O4. The number of carbonyl (C=O) groups excluding carboxylic acids is 3. The molecule has 1 N–H and O–H groups in total. The van der Waals surface area contributed by atoms with Crippen molar-refractivity contribution in [3.05, 3.63) is 94.5 Å². The first-order valence-electron chi connectivity index (χ1n) is 9.89. The lowest BCUT2D eigenvalue weighted by Gasteiger charge is -2.14. The number of hydrogen-bond acceptors (Lipinski definition) is 4. The fraction of sp³-hybridized carbons (Fsp3) is 0.0800. The molecule has 1 heterocycles. The number of ether oxygens (including phenoxy) is 1. The van der Waals surface area contributed by atoms with Gasteiger partial charge in [-0.2, -0.15) is 0 Å². The maximum Gasteiger partial charge on any atom is 0.261 e. The van der Waals surface area contributed by atoms with Crippen LogP contribution in [0.5, 0.6) is 11.5 Å². The molecule has 1 saturated heterocycles. The first kappa shape index (κ1) is 21.3. The summed E-state index contributed by atoms with van der Waals surface area (Å²) in [7, 11) is 1.55. The molecule has 6 nitrogen and oxygen atoms in total. The Kier molecular flexibility index (Phi) is 6.05. The van der Waals surface area contributed by atoms with Gasteiger partial charge in [-0.05, 0) is 42.5 Å². The van der Waals surface area contributed by atoms with Crippen LogP contribution in [0.4, 0.5) is 5.69 Å². The van der Waals surface area contributed by atoms with Crippen LogP contribution in [-0.2, 0) is 9.59 Å². The highest BCUT2D eigenvalue weighted by Gasteiger charge is 2.35. The Balaban J connectivity index is 1.66. The van der Waals surface area contributed by atoms with E-state index in [4.69, 9.17) is 16.3 Å². The van der Waals surface area contributed by atoms with E-state index in [0.29, 0.717) is 38.9 Å². The number of rotatable bonds is 5. The van der Waals surface area contributed by atoms with E-state index in [0.717, 1.165) is 4.90 Å². The first-order chi connectivity index (χ1) is 15.5. The SMILES string of the molecule is CNC(=O)c1ccccc1Oc1ccccc1/C=C1/CC(=O)N(c2cccc(Cl)c2)C1=O. The van der Waals surface area contributed by atoms with Crippen molar-refractivity contribution in [2.24, 2.45) is 0 Å². The van der Waals surface area contributed by atoms with Crippen molar-refractivity contribution >= 4 is 41.1 Å². The van der Waals surface area contributed by atoms with Gasteiger partial charge in [-0.1, -0.05) is 48.0 Å². The van der Waals surface area contributed by atoms with Crippen LogP contribution < -0.4 is 15.0 Å². The zero-order chi connectivity index (χ0) is 22.7. The summed E-state index contributed by atoms with van der Waals surface area (Å²) in [6.45, 7) is 0. The van der Waals surface area contributed by atoms with E-state index >= 15 is 0 Å². The number of benzene rings is 3. The first-order valence-corrected chi connectivity index (χ1v) is 10.3. The zero-order valence-corrected chi connectivity index (χ0v) is 17.9. The quantitative estimate of drug-likeness (QED) is 0.449. The van der Waals surface area contributed by atoms with Gasteiger partial charge in [-0.15, -0.1) is 0 Å². The number of halogens is 1. The number of nitrogens with one attached hydrogen (secondary N) is 1. The molecule has 160 valence electrons. The number of nitrogens with zero attached hydrogens (tertiary/aromatic N) is 1. The van der Waals surface area contributed by atoms with Gasteiger partial charge < -0.3 is 10.1 Å². The second kappa shape index (κ2) is 9.08. The normalized spacial score (nSPS) is 14.7. The monoisotopic (exact) mass is 446 g/mol. The van der Waals surface area contributed by atoms with Gasteiger partial charge in [0.25, 0.3) is 11.8 Å². The molecule has 0 radical (unpaired) electrons. The molecule has 0 atom stereocenters. The summed E-state index contributed by atoms with van der Waals surface area (Å²) in [6, 6.07) is 20.6. The zero-order valence-electron chi connectivity index (χ0n) is 17.2. The van der Waals surface area contributed by atoms with Crippen molar-refractivity contribution in [2.45, 2.75) is 6.42 Å². The molecule has 3 aromatic carbocycles. The molecule has 0 unspecified atom stereocenters. The summed E-state index contributed by atoms with van der Waals surface area (Å²) in [4.78, 5) is 38.8. The third kappa shape index (κ3) is 4.26. The van der Waals surface area contributed by atoms with Crippen molar-refractivity contribution in [3.8, 4) is 11.5 Å². The topological polar surface area (TPSA) is 75.7 Å². The molecule has 0 bridgehead atoms. The Morgan fingerprint density at radius 1 is 1.00 bits per heavy atom. The van der Waals surface area contributed by atoms with E-state index in [2.05, 4.69) is 5.32 Å². The van der Waals surface area contributed by atoms with E-state index in [1.165, 1.54) is 0 Å². The van der Waals surface area contributed by atoms with Crippen LogP contribution in [0, 0.1) is 0 Å². The van der Waals surface area contributed by atoms with Crippen LogP contribution in [0.3, 0.4) is 0 Å². The summed E-state index contributed by atoms with van der Waals surface area (Å²) in [5.41, 5.74) is 1.77. The van der Waals surface area contributed by atoms with Crippen molar-refractivity contribution < 1.29 is 19.1 Å². The maximum atomic E-state index is 13.0. The largest absolute Gasteiger partial charge is 0.456 e. The fourth-order valence-electron chi connectivity index (χ4n) is 3.44. The minimum Gasteiger partial charge on any atom is -0.456 e. The third-order valence-corrected chi connectivity index (χ3v) is 5.20. The average molecular weight is 447 g/mol. The van der Waals surface area contributed by atoms with E-state index in [-0.39, 0.29) is 18.2 Å². The van der Waals surface area contributed by atoms with Gasteiger partial charge >= 0.3 is 0 Å². The number of para-hydroxylation sites is 2. The van der Waals surface area contributed by atoms with Crippen LogP contribution in [0.2, 0.25) is 5.02 Å². The average Bonchev–Trinajstić information content (AvgIpc) is 3.07. The maximum absolute atomic E-state index is 13.0. The van der Waals surface area contributed by atoms with Crippen molar-refractivity contribution in [2.75, 3.05) is 11.9 Å². The summed E-state index contributed by atoms with van der Waals surface area (Å²) in [6.07, 6.45) is 1.61. The highest BCUT2D eigenvalue weighted by Crippen LogP contribution is 2.33. The molecule has 3 aromatic rings. The minimum atomic E-state index is -0.405. The van der Waals surface area contributed by atoms with Gasteiger partial charge in [0.2, 0.25) is 5.91 Å². The predicted octanol–water partition coefficient (Wildman–Crippen LogP) is 4.84. The summed E-state index contributed by atoms with van der Waals surface area (Å²) in [5, 5.41) is 3.03. The molecule has 32 heavy (non-hydrogen) atoms. The van der Waals surface area contributed by atoms with Gasteiger partial charge in [0.15, 0.2) is 0 Å². The molecule has 4 rings (SSSR count). The van der Waals surface area contributed by atoms with Gasteiger partial charge in [0.1, 0.15) is 11.5 Å². The number of imide groups is 1. The summed E-state index contributed by atoms with van der Waals surface area (Å²) in [5.74, 6) is -0.167. The number of carbonyl (C=O) groups is 3. The van der Waals surface area contributed by atoms with Gasteiger partial charge in [0, 0.05) is 23.2 Å². The minimum absolute atomic E-state index is 0.0332. The predicted molar refractivity (Wildman–Crippen MR) is 123 cm³/mol. The van der Waals surface area contributed by atoms with Crippen LogP contribution in [0.1, 0.15) is 22.3 Å². The molecule has 0 spiro atoms. The molecule has 7 heteroatoms. The van der Waals surface area contributed by atoms with Crippen LogP contribution >= 0.6 is 11.6 Å². The second-order valence-electron chi connectivity index (χ2n) is 7.08. The van der Waals surface area contributed by atoms with Crippen molar-refractivity contribution in [1.29, 1.82) is 0 Å². The molecular weight excluding hydrogens is 428 g/mol. The van der Waals surface area contributed by atoms with E-state index in [1.807, 2.05) is 0 Å². The van der Waals surface area contributed by atoms with Crippen LogP contribution in [0.15, 0.2) is 78.4 Å². The molecule has 1 aliphatic heterocycles. The molecule has 3 amide bonds. The highest BCUT2D eigenvalue weighted by molar-refractivity contribution is 6.32.